The van der Waals surface area contributed by atoms with Gasteiger partial charge < -0.3 is 33.8 Å². The molecule has 0 spiro atoms. The van der Waals surface area contributed by atoms with Crippen molar-refractivity contribution in [2.75, 3.05) is 39.6 Å². The number of carbonyl (C=O) groups excluding carboxylic acids is 4. The van der Waals surface area contributed by atoms with E-state index in [2.05, 4.69) is 58.9 Å². The maximum Gasteiger partial charge on any atom is 0.472 e. The minimum atomic E-state index is -4.95. The monoisotopic (exact) mass is 1250 g/mol. The van der Waals surface area contributed by atoms with E-state index in [1.54, 1.807) is 0 Å². The van der Waals surface area contributed by atoms with Crippen molar-refractivity contribution in [2.45, 2.75) is 329 Å². The van der Waals surface area contributed by atoms with Crippen LogP contribution in [0, 0.1) is 5.92 Å². The van der Waals surface area contributed by atoms with E-state index in [1.165, 1.54) is 116 Å². The molecule has 85 heavy (non-hydrogen) atoms. The summed E-state index contributed by atoms with van der Waals surface area (Å²) in [5, 5.41) is 10.5. The van der Waals surface area contributed by atoms with Crippen molar-refractivity contribution in [1.29, 1.82) is 0 Å². The van der Waals surface area contributed by atoms with Crippen LogP contribution in [0.25, 0.3) is 0 Å². The maximum absolute atomic E-state index is 13.0. The molecule has 0 rings (SSSR count). The molecule has 19 heteroatoms. The zero-order chi connectivity index (χ0) is 62.8. The van der Waals surface area contributed by atoms with Crippen LogP contribution in [0.2, 0.25) is 0 Å². The standard InChI is InChI=1S/C66H124O17P2/c1-6-9-12-15-18-21-24-25-26-27-28-31-36-42-47-52-66(71)83-62(56-77-64(69)50-45-40-37-32-33-38-43-48-59(4)5)58-81-85(74,75)79-54-60(67)53-78-84(72,73)80-57-61(82-65(70)51-46-41-35-30-23-20-17-14-11-8-3)55-76-63(68)49-44-39-34-29-22-19-16-13-10-7-2/h21,24-26,59-62,67H,6-20,22-23,27-58H2,1-5H3,(H,72,73)(H,74,75)/b24-21-,26-25-/t60-,61+,62+/m0/s1. The van der Waals surface area contributed by atoms with Crippen molar-refractivity contribution in [2.24, 2.45) is 5.92 Å². The largest absolute Gasteiger partial charge is 0.472 e. The lowest BCUT2D eigenvalue weighted by Gasteiger charge is -2.21. The van der Waals surface area contributed by atoms with Crippen molar-refractivity contribution in [3.63, 3.8) is 0 Å². The molecule has 0 fully saturated rings. The number of unbranched alkanes of at least 4 members (excludes halogenated alkanes) is 33. The van der Waals surface area contributed by atoms with Crippen molar-refractivity contribution >= 4 is 39.5 Å². The zero-order valence-corrected chi connectivity index (χ0v) is 56.0. The topological polar surface area (TPSA) is 237 Å². The van der Waals surface area contributed by atoms with Gasteiger partial charge in [-0.25, -0.2) is 9.13 Å². The van der Waals surface area contributed by atoms with Crippen molar-refractivity contribution in [3.05, 3.63) is 24.3 Å². The highest BCUT2D eigenvalue weighted by Gasteiger charge is 2.30. The summed E-state index contributed by atoms with van der Waals surface area (Å²) in [5.41, 5.74) is 0. The Morgan fingerprint density at radius 1 is 0.365 bits per heavy atom. The molecule has 0 aromatic heterocycles. The molecule has 0 amide bonds. The number of carbonyl (C=O) groups is 4. The lowest BCUT2D eigenvalue weighted by atomic mass is 10.0. The van der Waals surface area contributed by atoms with Gasteiger partial charge in [0, 0.05) is 25.7 Å². The molecule has 0 saturated carbocycles. The SMILES string of the molecule is CCCCCC/C=C\C=C/CCCCCCCC(=O)O[C@H](COC(=O)CCCCCCCCCC(C)C)COP(=O)(O)OC[C@@H](O)COP(=O)(O)OC[C@@H](COC(=O)CCCCCCCCCCCC)OC(=O)CCCCCCCCCCCC. The third-order valence-corrected chi connectivity index (χ3v) is 16.6. The van der Waals surface area contributed by atoms with Crippen LogP contribution in [0.4, 0.5) is 0 Å². The Morgan fingerprint density at radius 2 is 0.635 bits per heavy atom. The van der Waals surface area contributed by atoms with Gasteiger partial charge in [0.2, 0.25) is 0 Å². The first-order valence-electron chi connectivity index (χ1n) is 34.0. The molecule has 0 radical (unpaired) electrons. The predicted molar refractivity (Wildman–Crippen MR) is 340 cm³/mol. The smallest absolute Gasteiger partial charge is 0.462 e. The summed E-state index contributed by atoms with van der Waals surface area (Å²) in [4.78, 5) is 72.2. The molecule has 5 atom stereocenters. The summed E-state index contributed by atoms with van der Waals surface area (Å²) in [5.74, 6) is -1.46. The molecule has 2 unspecified atom stereocenters. The summed E-state index contributed by atoms with van der Waals surface area (Å²) < 4.78 is 68.0. The first-order valence-corrected chi connectivity index (χ1v) is 36.9. The van der Waals surface area contributed by atoms with E-state index in [1.807, 2.05) is 0 Å². The number of hydrogen-bond donors (Lipinski definition) is 3. The third-order valence-electron chi connectivity index (χ3n) is 14.7. The van der Waals surface area contributed by atoms with E-state index < -0.39 is 97.5 Å². The number of phosphoric ester groups is 2. The lowest BCUT2D eigenvalue weighted by molar-refractivity contribution is -0.161. The van der Waals surface area contributed by atoms with Gasteiger partial charge in [-0.3, -0.25) is 37.3 Å². The highest BCUT2D eigenvalue weighted by Crippen LogP contribution is 2.45. The second kappa shape index (κ2) is 59.2. The first kappa shape index (κ1) is 82.5. The van der Waals surface area contributed by atoms with E-state index >= 15 is 0 Å². The summed E-state index contributed by atoms with van der Waals surface area (Å²) in [6, 6.07) is 0. The number of ether oxygens (including phenoxy) is 4. The Hall–Kier alpha value is -2.46. The molecule has 0 aliphatic carbocycles. The van der Waals surface area contributed by atoms with E-state index in [9.17, 15) is 43.2 Å². The minimum absolute atomic E-state index is 0.0843. The van der Waals surface area contributed by atoms with E-state index in [0.717, 1.165) is 109 Å². The third kappa shape index (κ3) is 60.2. The van der Waals surface area contributed by atoms with E-state index in [0.29, 0.717) is 31.6 Å². The van der Waals surface area contributed by atoms with E-state index in [4.69, 9.17) is 37.0 Å². The van der Waals surface area contributed by atoms with Crippen molar-refractivity contribution < 1.29 is 80.2 Å². The van der Waals surface area contributed by atoms with Gasteiger partial charge in [-0.1, -0.05) is 258 Å². The van der Waals surface area contributed by atoms with Crippen LogP contribution in [0.5, 0.6) is 0 Å². The molecule has 0 aromatic rings. The highest BCUT2D eigenvalue weighted by molar-refractivity contribution is 7.47. The molecule has 0 aliphatic heterocycles. The molecule has 3 N–H and O–H groups in total. The van der Waals surface area contributed by atoms with Crippen LogP contribution in [-0.4, -0.2) is 96.7 Å². The van der Waals surface area contributed by atoms with E-state index in [-0.39, 0.29) is 25.7 Å². The summed E-state index contributed by atoms with van der Waals surface area (Å²) in [6.45, 7) is 7.07. The second-order valence-corrected chi connectivity index (χ2v) is 26.6. The molecular weight excluding hydrogens is 1130 g/mol. The first-order chi connectivity index (χ1) is 41.0. The number of esters is 4. The van der Waals surface area contributed by atoms with Gasteiger partial charge in [0.05, 0.1) is 26.4 Å². The lowest BCUT2D eigenvalue weighted by Crippen LogP contribution is -2.30. The normalized spacial score (nSPS) is 14.4. The highest BCUT2D eigenvalue weighted by atomic mass is 31.2. The molecular formula is C66H124O17P2. The second-order valence-electron chi connectivity index (χ2n) is 23.6. The number of rotatable bonds is 64. The van der Waals surface area contributed by atoms with Crippen LogP contribution in [0.15, 0.2) is 24.3 Å². The molecule has 0 bridgehead atoms. The number of aliphatic hydroxyl groups excluding tert-OH is 1. The van der Waals surface area contributed by atoms with Crippen molar-refractivity contribution in [3.8, 4) is 0 Å². The number of phosphoric acid groups is 2. The van der Waals surface area contributed by atoms with Gasteiger partial charge in [-0.05, 0) is 57.3 Å². The Balaban J connectivity index is 5.27. The van der Waals surface area contributed by atoms with Crippen LogP contribution < -0.4 is 0 Å². The molecule has 0 heterocycles. The Labute approximate surface area is 516 Å². The summed E-state index contributed by atoms with van der Waals surface area (Å²) >= 11 is 0. The van der Waals surface area contributed by atoms with Crippen LogP contribution in [0.3, 0.4) is 0 Å². The van der Waals surface area contributed by atoms with Gasteiger partial charge in [0.15, 0.2) is 12.2 Å². The average molecular weight is 1250 g/mol. The maximum atomic E-state index is 13.0. The Bertz CT molecular complexity index is 1740. The average Bonchev–Trinajstić information content (AvgIpc) is 3.58. The number of aliphatic hydroxyl groups is 1. The molecule has 500 valence electrons. The Morgan fingerprint density at radius 3 is 0.965 bits per heavy atom. The minimum Gasteiger partial charge on any atom is -0.462 e. The summed E-state index contributed by atoms with van der Waals surface area (Å²) in [7, 11) is -9.90. The molecule has 0 aromatic carbocycles. The fourth-order valence-corrected chi connectivity index (χ4v) is 11.0. The van der Waals surface area contributed by atoms with Gasteiger partial charge in [0.25, 0.3) is 0 Å². The van der Waals surface area contributed by atoms with Gasteiger partial charge in [-0.2, -0.15) is 0 Å². The van der Waals surface area contributed by atoms with Crippen LogP contribution in [0.1, 0.15) is 311 Å². The summed E-state index contributed by atoms with van der Waals surface area (Å²) in [6.07, 6.45) is 46.6. The van der Waals surface area contributed by atoms with Crippen LogP contribution >= 0.6 is 15.6 Å². The van der Waals surface area contributed by atoms with Crippen LogP contribution in [-0.2, 0) is 65.4 Å². The molecule has 17 nitrogen and oxygen atoms in total. The fraction of sp³-hybridized carbons (Fsp3) is 0.879. The predicted octanol–water partition coefficient (Wildman–Crippen LogP) is 18.1. The zero-order valence-electron chi connectivity index (χ0n) is 54.2. The van der Waals surface area contributed by atoms with Gasteiger partial charge in [-0.15, -0.1) is 0 Å². The number of allylic oxidation sites excluding steroid dienone is 4. The number of hydrogen-bond acceptors (Lipinski definition) is 15. The quantitative estimate of drug-likeness (QED) is 0.0169. The molecule has 0 aliphatic rings. The van der Waals surface area contributed by atoms with Crippen molar-refractivity contribution in [1.82, 2.24) is 0 Å². The van der Waals surface area contributed by atoms with Gasteiger partial charge in [0.1, 0.15) is 19.3 Å². The molecule has 0 saturated heterocycles. The fourth-order valence-electron chi connectivity index (χ4n) is 9.40. The Kier molecular flexibility index (Phi) is 57.5. The van der Waals surface area contributed by atoms with Gasteiger partial charge >= 0.3 is 39.5 Å².